The predicted octanol–water partition coefficient (Wildman–Crippen LogP) is 1.94. The number of likely N-dealkylation sites (tertiary alicyclic amines) is 1. The lowest BCUT2D eigenvalue weighted by Gasteiger charge is -2.37. The van der Waals surface area contributed by atoms with Crippen LogP contribution >= 0.6 is 0 Å². The van der Waals surface area contributed by atoms with Crippen molar-refractivity contribution in [2.45, 2.75) is 76.9 Å². The fourth-order valence-corrected chi connectivity index (χ4v) is 5.20. The van der Waals surface area contributed by atoms with E-state index in [1.54, 1.807) is 28.1 Å². The van der Waals surface area contributed by atoms with Crippen molar-refractivity contribution in [3.8, 4) is 0 Å². The lowest BCUT2D eigenvalue weighted by molar-refractivity contribution is -0.128. The topological polar surface area (TPSA) is 109 Å². The number of piperidine rings is 2. The Morgan fingerprint density at radius 3 is 2.51 bits per heavy atom. The maximum absolute atomic E-state index is 13.2. The number of para-hydroxylation sites is 1. The standard InChI is InChI=1S/C25H37N5O5/c1-25(2,3)35-24(34)27(4)17-11-13-29(14-12-17)15-16-7-6-8-18-21(16)28(5)23(33)30(18)19-9-10-20(31)26-22(19)32/h6-8,17,19,22,32H,9-15H2,1-5H3,(H,26,31). The van der Waals surface area contributed by atoms with E-state index in [0.29, 0.717) is 13.0 Å². The van der Waals surface area contributed by atoms with Crippen molar-refractivity contribution in [3.05, 3.63) is 34.2 Å². The zero-order valence-corrected chi connectivity index (χ0v) is 21.3. The van der Waals surface area contributed by atoms with Crippen LogP contribution in [-0.2, 0) is 23.1 Å². The Hall–Kier alpha value is -2.85. The molecule has 2 aliphatic rings. The number of hydrogen-bond acceptors (Lipinski definition) is 6. The fraction of sp³-hybridized carbons (Fsp3) is 0.640. The minimum atomic E-state index is -1.09. The molecule has 2 aliphatic heterocycles. The van der Waals surface area contributed by atoms with Gasteiger partial charge in [0.2, 0.25) is 5.91 Å². The number of carbonyl (C=O) groups excluding carboxylic acids is 2. The van der Waals surface area contributed by atoms with Crippen LogP contribution in [0.2, 0.25) is 0 Å². The Balaban J connectivity index is 1.49. The molecule has 10 nitrogen and oxygen atoms in total. The second-order valence-electron chi connectivity index (χ2n) is 10.7. The van der Waals surface area contributed by atoms with Gasteiger partial charge in [-0.3, -0.25) is 18.8 Å². The first-order valence-corrected chi connectivity index (χ1v) is 12.3. The van der Waals surface area contributed by atoms with Crippen LogP contribution in [0.25, 0.3) is 11.0 Å². The van der Waals surface area contributed by atoms with Gasteiger partial charge in [-0.15, -0.1) is 0 Å². The van der Waals surface area contributed by atoms with Crippen LogP contribution < -0.4 is 11.0 Å². The molecule has 1 aromatic carbocycles. The highest BCUT2D eigenvalue weighted by Gasteiger charge is 2.32. The summed E-state index contributed by atoms with van der Waals surface area (Å²) in [4.78, 5) is 41.3. The number of carbonyl (C=O) groups is 2. The van der Waals surface area contributed by atoms with E-state index in [1.807, 2.05) is 39.0 Å². The number of benzene rings is 1. The van der Waals surface area contributed by atoms with Crippen LogP contribution in [0.3, 0.4) is 0 Å². The molecule has 0 saturated carbocycles. The summed E-state index contributed by atoms with van der Waals surface area (Å²) in [6, 6.07) is 5.49. The number of imidazole rings is 1. The Labute approximate surface area is 205 Å². The summed E-state index contributed by atoms with van der Waals surface area (Å²) in [6.45, 7) is 7.95. The van der Waals surface area contributed by atoms with Crippen LogP contribution in [0.15, 0.2) is 23.0 Å². The number of rotatable bonds is 4. The Morgan fingerprint density at radius 1 is 1.20 bits per heavy atom. The highest BCUT2D eigenvalue weighted by molar-refractivity contribution is 5.81. The van der Waals surface area contributed by atoms with Crippen molar-refractivity contribution in [1.82, 2.24) is 24.3 Å². The van der Waals surface area contributed by atoms with Gasteiger partial charge in [0.05, 0.1) is 17.1 Å². The maximum Gasteiger partial charge on any atom is 0.410 e. The molecule has 0 bridgehead atoms. The Kier molecular flexibility index (Phi) is 6.97. The van der Waals surface area contributed by atoms with E-state index in [9.17, 15) is 19.5 Å². The molecular weight excluding hydrogens is 450 g/mol. The molecule has 0 aliphatic carbocycles. The average Bonchev–Trinajstić information content (AvgIpc) is 3.04. The van der Waals surface area contributed by atoms with Gasteiger partial charge in [-0.25, -0.2) is 9.59 Å². The van der Waals surface area contributed by atoms with E-state index in [2.05, 4.69) is 10.2 Å². The molecule has 0 radical (unpaired) electrons. The summed E-state index contributed by atoms with van der Waals surface area (Å²) < 4.78 is 8.76. The zero-order chi connectivity index (χ0) is 25.5. The van der Waals surface area contributed by atoms with Crippen molar-refractivity contribution >= 4 is 23.0 Å². The van der Waals surface area contributed by atoms with Crippen molar-refractivity contribution in [2.24, 2.45) is 7.05 Å². The summed E-state index contributed by atoms with van der Waals surface area (Å²) in [5.74, 6) is -0.205. The third-order valence-electron chi connectivity index (χ3n) is 7.04. The number of fused-ring (bicyclic) bond motifs is 1. The summed E-state index contributed by atoms with van der Waals surface area (Å²) >= 11 is 0. The van der Waals surface area contributed by atoms with Crippen LogP contribution in [0.1, 0.15) is 58.1 Å². The molecule has 2 N–H and O–H groups in total. The Morgan fingerprint density at radius 2 is 1.89 bits per heavy atom. The molecule has 2 amide bonds. The minimum absolute atomic E-state index is 0.130. The molecule has 35 heavy (non-hydrogen) atoms. The van der Waals surface area contributed by atoms with Gasteiger partial charge in [-0.2, -0.15) is 0 Å². The van der Waals surface area contributed by atoms with E-state index < -0.39 is 17.9 Å². The summed E-state index contributed by atoms with van der Waals surface area (Å²) in [6.07, 6.45) is 0.993. The summed E-state index contributed by atoms with van der Waals surface area (Å²) in [7, 11) is 3.55. The molecule has 4 rings (SSSR count). The number of amides is 2. The SMILES string of the molecule is CN(C(=O)OC(C)(C)C)C1CCN(Cc2cccc3c2n(C)c(=O)n3C2CCC(=O)NC2O)CC1. The quantitative estimate of drug-likeness (QED) is 0.682. The van der Waals surface area contributed by atoms with E-state index >= 15 is 0 Å². The van der Waals surface area contributed by atoms with E-state index in [0.717, 1.165) is 42.5 Å². The van der Waals surface area contributed by atoms with Gasteiger partial charge >= 0.3 is 11.8 Å². The smallest absolute Gasteiger partial charge is 0.410 e. The van der Waals surface area contributed by atoms with Gasteiger partial charge in [0, 0.05) is 46.2 Å². The summed E-state index contributed by atoms with van der Waals surface area (Å²) in [5, 5.41) is 13.0. The highest BCUT2D eigenvalue weighted by atomic mass is 16.6. The number of aryl methyl sites for hydroxylation is 1. The van der Waals surface area contributed by atoms with E-state index in [4.69, 9.17) is 4.74 Å². The first kappa shape index (κ1) is 25.2. The molecule has 2 aromatic rings. The predicted molar refractivity (Wildman–Crippen MR) is 132 cm³/mol. The van der Waals surface area contributed by atoms with Crippen molar-refractivity contribution in [3.63, 3.8) is 0 Å². The Bertz CT molecular complexity index is 1160. The third kappa shape index (κ3) is 5.23. The summed E-state index contributed by atoms with van der Waals surface area (Å²) in [5.41, 5.74) is 1.92. The highest BCUT2D eigenvalue weighted by Crippen LogP contribution is 2.28. The fourth-order valence-electron chi connectivity index (χ4n) is 5.20. The molecule has 2 atom stereocenters. The number of nitrogens with zero attached hydrogens (tertiary/aromatic N) is 4. The third-order valence-corrected chi connectivity index (χ3v) is 7.04. The van der Waals surface area contributed by atoms with Gasteiger partial charge in [0.1, 0.15) is 11.8 Å². The van der Waals surface area contributed by atoms with Crippen LogP contribution in [0.4, 0.5) is 4.79 Å². The van der Waals surface area contributed by atoms with Crippen LogP contribution in [-0.4, -0.2) is 74.0 Å². The lowest BCUT2D eigenvalue weighted by Crippen LogP contribution is -2.47. The molecule has 192 valence electrons. The van der Waals surface area contributed by atoms with Gasteiger partial charge in [0.25, 0.3) is 0 Å². The molecule has 0 spiro atoms. The van der Waals surface area contributed by atoms with Crippen LogP contribution in [0, 0.1) is 0 Å². The van der Waals surface area contributed by atoms with Crippen molar-refractivity contribution in [1.29, 1.82) is 0 Å². The first-order chi connectivity index (χ1) is 16.5. The minimum Gasteiger partial charge on any atom is -0.444 e. The number of aromatic nitrogens is 2. The monoisotopic (exact) mass is 487 g/mol. The van der Waals surface area contributed by atoms with Crippen molar-refractivity contribution in [2.75, 3.05) is 20.1 Å². The largest absolute Gasteiger partial charge is 0.444 e. The van der Waals surface area contributed by atoms with Crippen molar-refractivity contribution < 1.29 is 19.4 Å². The first-order valence-electron chi connectivity index (χ1n) is 12.3. The molecule has 2 fully saturated rings. The molecule has 10 heteroatoms. The molecule has 3 heterocycles. The molecular formula is C25H37N5O5. The number of hydrogen-bond donors (Lipinski definition) is 2. The second kappa shape index (κ2) is 9.66. The molecule has 1 aromatic heterocycles. The number of ether oxygens (including phenoxy) is 1. The van der Waals surface area contributed by atoms with E-state index in [-0.39, 0.29) is 30.2 Å². The molecule has 2 saturated heterocycles. The number of nitrogens with one attached hydrogen (secondary N) is 1. The van der Waals surface area contributed by atoms with Crippen LogP contribution in [0.5, 0.6) is 0 Å². The molecule has 2 unspecified atom stereocenters. The normalized spacial score (nSPS) is 22.3. The number of aliphatic hydroxyl groups excluding tert-OH is 1. The van der Waals surface area contributed by atoms with E-state index in [1.165, 1.54) is 0 Å². The number of aliphatic hydroxyl groups is 1. The van der Waals surface area contributed by atoms with Gasteiger partial charge in [-0.05, 0) is 51.7 Å². The maximum atomic E-state index is 13.2. The lowest BCUT2D eigenvalue weighted by atomic mass is 10.0. The zero-order valence-electron chi connectivity index (χ0n) is 21.3. The van der Waals surface area contributed by atoms with Gasteiger partial charge in [0.15, 0.2) is 0 Å². The van der Waals surface area contributed by atoms with Gasteiger partial charge < -0.3 is 20.1 Å². The second-order valence-corrected chi connectivity index (χ2v) is 10.7. The average molecular weight is 488 g/mol. The van der Waals surface area contributed by atoms with Gasteiger partial charge in [-0.1, -0.05) is 12.1 Å².